The lowest BCUT2D eigenvalue weighted by Crippen LogP contribution is -2.38. The first-order chi connectivity index (χ1) is 16.2. The van der Waals surface area contributed by atoms with Gasteiger partial charge in [0.15, 0.2) is 0 Å². The van der Waals surface area contributed by atoms with Crippen molar-refractivity contribution in [3.05, 3.63) is 68.4 Å². The number of aromatic amines is 1. The molecular formula is C24H28N4O5S. The van der Waals surface area contributed by atoms with E-state index in [0.717, 1.165) is 31.4 Å². The number of aromatic nitrogens is 2. The molecule has 1 aromatic heterocycles. The van der Waals surface area contributed by atoms with E-state index in [0.29, 0.717) is 29.2 Å². The molecule has 3 aromatic rings. The van der Waals surface area contributed by atoms with Crippen molar-refractivity contribution in [3.63, 3.8) is 0 Å². The van der Waals surface area contributed by atoms with E-state index < -0.39 is 15.7 Å². The van der Waals surface area contributed by atoms with Crippen molar-refractivity contribution in [3.8, 4) is 5.75 Å². The Kier molecular flexibility index (Phi) is 5.73. The molecule has 3 unspecified atom stereocenters. The van der Waals surface area contributed by atoms with Crippen molar-refractivity contribution >= 4 is 26.6 Å². The quantitative estimate of drug-likeness (QED) is 0.490. The van der Waals surface area contributed by atoms with Crippen LogP contribution in [-0.4, -0.2) is 43.9 Å². The average Bonchev–Trinajstić information content (AvgIpc) is 3.20. The molecule has 1 aliphatic heterocycles. The van der Waals surface area contributed by atoms with Gasteiger partial charge in [0.05, 0.1) is 30.0 Å². The van der Waals surface area contributed by atoms with Gasteiger partial charge in [0, 0.05) is 18.5 Å². The highest BCUT2D eigenvalue weighted by atomic mass is 32.2. The van der Waals surface area contributed by atoms with E-state index in [4.69, 9.17) is 4.74 Å². The van der Waals surface area contributed by atoms with E-state index >= 15 is 0 Å². The van der Waals surface area contributed by atoms with Crippen molar-refractivity contribution in [2.45, 2.75) is 37.8 Å². The van der Waals surface area contributed by atoms with Gasteiger partial charge in [-0.05, 0) is 67.1 Å². The number of anilines is 1. The second kappa shape index (κ2) is 8.59. The third kappa shape index (κ3) is 4.12. The van der Waals surface area contributed by atoms with Crippen molar-refractivity contribution in [2.75, 3.05) is 24.6 Å². The predicted octanol–water partition coefficient (Wildman–Crippen LogP) is 1.78. The van der Waals surface area contributed by atoms with E-state index in [1.807, 2.05) is 12.1 Å². The summed E-state index contributed by atoms with van der Waals surface area (Å²) in [6.45, 7) is 1.21. The van der Waals surface area contributed by atoms with Crippen molar-refractivity contribution in [1.82, 2.24) is 14.9 Å². The molecule has 1 fully saturated rings. The fraction of sp³-hybridized carbons (Fsp3) is 0.417. The summed E-state index contributed by atoms with van der Waals surface area (Å²) in [5, 5.41) is 3.96. The molecule has 1 saturated heterocycles. The minimum Gasteiger partial charge on any atom is -0.496 e. The summed E-state index contributed by atoms with van der Waals surface area (Å²) in [5.74, 6) is 1.77. The molecule has 0 radical (unpaired) electrons. The van der Waals surface area contributed by atoms with E-state index in [1.165, 1.54) is 33.9 Å². The molecule has 180 valence electrons. The van der Waals surface area contributed by atoms with Crippen LogP contribution in [0.5, 0.6) is 5.75 Å². The highest BCUT2D eigenvalue weighted by Gasteiger charge is 2.40. The van der Waals surface area contributed by atoms with Crippen LogP contribution in [0.15, 0.2) is 46.0 Å². The van der Waals surface area contributed by atoms with Crippen molar-refractivity contribution < 1.29 is 13.2 Å². The van der Waals surface area contributed by atoms with Crippen LogP contribution in [-0.2, 0) is 23.0 Å². The summed E-state index contributed by atoms with van der Waals surface area (Å²) in [4.78, 5) is 28.6. The summed E-state index contributed by atoms with van der Waals surface area (Å²) in [5.41, 5.74) is 2.26. The monoisotopic (exact) mass is 484 g/mol. The van der Waals surface area contributed by atoms with E-state index in [2.05, 4.69) is 21.1 Å². The lowest BCUT2D eigenvalue weighted by Gasteiger charge is -2.32. The number of benzene rings is 2. The Balaban J connectivity index is 1.41. The van der Waals surface area contributed by atoms with Gasteiger partial charge in [-0.2, -0.15) is 0 Å². The first-order valence-electron chi connectivity index (χ1n) is 11.4. The van der Waals surface area contributed by atoms with Crippen LogP contribution in [0.2, 0.25) is 0 Å². The van der Waals surface area contributed by atoms with Gasteiger partial charge in [-0.15, -0.1) is 0 Å². The molecule has 10 heteroatoms. The molecule has 0 spiro atoms. The molecule has 3 N–H and O–H groups in total. The SMILES string of the molecule is COc1cccc2c1CCC1CNC(CCn3c(=O)[nH]c4cc(NS(C)(=O)=O)ccc4c3=O)C21. The van der Waals surface area contributed by atoms with E-state index in [-0.39, 0.29) is 23.8 Å². The van der Waals surface area contributed by atoms with Gasteiger partial charge >= 0.3 is 5.69 Å². The number of hydrogen-bond acceptors (Lipinski definition) is 6. The number of sulfonamides is 1. The molecule has 2 heterocycles. The maximum absolute atomic E-state index is 13.1. The first kappa shape index (κ1) is 22.7. The van der Waals surface area contributed by atoms with Crippen LogP contribution in [0.1, 0.15) is 29.9 Å². The van der Waals surface area contributed by atoms with Gasteiger partial charge in [-0.3, -0.25) is 14.1 Å². The fourth-order valence-electron chi connectivity index (χ4n) is 5.61. The summed E-state index contributed by atoms with van der Waals surface area (Å²) in [7, 11) is -1.77. The minimum absolute atomic E-state index is 0.152. The van der Waals surface area contributed by atoms with Crippen LogP contribution in [0.25, 0.3) is 10.9 Å². The highest BCUT2D eigenvalue weighted by molar-refractivity contribution is 7.92. The number of methoxy groups -OCH3 is 1. The van der Waals surface area contributed by atoms with Gasteiger partial charge in [0.1, 0.15) is 5.75 Å². The number of fused-ring (bicyclic) bond motifs is 4. The average molecular weight is 485 g/mol. The molecule has 0 bridgehead atoms. The Hall–Kier alpha value is -3.11. The molecule has 3 atom stereocenters. The predicted molar refractivity (Wildman–Crippen MR) is 131 cm³/mol. The third-order valence-electron chi connectivity index (χ3n) is 7.05. The smallest absolute Gasteiger partial charge is 0.328 e. The van der Waals surface area contributed by atoms with Crippen LogP contribution < -0.4 is 26.0 Å². The summed E-state index contributed by atoms with van der Waals surface area (Å²) in [6, 6.07) is 10.9. The molecule has 5 rings (SSSR count). The zero-order valence-corrected chi connectivity index (χ0v) is 19.9. The molecule has 0 amide bonds. The minimum atomic E-state index is -3.47. The van der Waals surface area contributed by atoms with Crippen LogP contribution in [0.3, 0.4) is 0 Å². The Morgan fingerprint density at radius 2 is 2.03 bits per heavy atom. The highest BCUT2D eigenvalue weighted by Crippen LogP contribution is 2.45. The van der Waals surface area contributed by atoms with Crippen LogP contribution >= 0.6 is 0 Å². The number of ether oxygens (including phenoxy) is 1. The van der Waals surface area contributed by atoms with Gasteiger partial charge in [-0.1, -0.05) is 12.1 Å². The lowest BCUT2D eigenvalue weighted by molar-refractivity contribution is 0.371. The maximum atomic E-state index is 13.1. The summed E-state index contributed by atoms with van der Waals surface area (Å²) >= 11 is 0. The standard InChI is InChI=1S/C24H28N4O5S/c1-33-21-5-3-4-17-16(21)8-6-14-13-25-19(22(14)17)10-11-28-23(29)18-9-7-15(27-34(2,31)32)12-20(18)26-24(28)30/h3-5,7,9,12,14,19,22,25,27H,6,8,10-11,13H2,1-2H3,(H,26,30). The Morgan fingerprint density at radius 1 is 1.21 bits per heavy atom. The zero-order valence-electron chi connectivity index (χ0n) is 19.1. The number of hydrogen-bond donors (Lipinski definition) is 3. The van der Waals surface area contributed by atoms with Crippen molar-refractivity contribution in [2.24, 2.45) is 5.92 Å². The third-order valence-corrected chi connectivity index (χ3v) is 7.65. The summed E-state index contributed by atoms with van der Waals surface area (Å²) < 4.78 is 32.1. The Bertz CT molecular complexity index is 1480. The Labute approximate surface area is 197 Å². The maximum Gasteiger partial charge on any atom is 0.328 e. The number of nitrogens with zero attached hydrogens (tertiary/aromatic N) is 1. The number of nitrogens with one attached hydrogen (secondary N) is 3. The molecular weight excluding hydrogens is 456 g/mol. The molecule has 1 aliphatic carbocycles. The van der Waals surface area contributed by atoms with Crippen LogP contribution in [0.4, 0.5) is 5.69 Å². The Morgan fingerprint density at radius 3 is 2.79 bits per heavy atom. The zero-order chi connectivity index (χ0) is 24.0. The van der Waals surface area contributed by atoms with Gasteiger partial charge in [0.25, 0.3) is 5.56 Å². The molecule has 2 aromatic carbocycles. The molecule has 0 saturated carbocycles. The second-order valence-corrected chi connectivity index (χ2v) is 10.9. The van der Waals surface area contributed by atoms with E-state index in [9.17, 15) is 18.0 Å². The van der Waals surface area contributed by atoms with E-state index in [1.54, 1.807) is 7.11 Å². The normalized spacial score (nSPS) is 21.8. The van der Waals surface area contributed by atoms with Crippen molar-refractivity contribution in [1.29, 1.82) is 0 Å². The largest absolute Gasteiger partial charge is 0.496 e. The summed E-state index contributed by atoms with van der Waals surface area (Å²) in [6.07, 6.45) is 3.76. The second-order valence-electron chi connectivity index (χ2n) is 9.18. The number of rotatable bonds is 6. The molecule has 2 aliphatic rings. The molecule has 34 heavy (non-hydrogen) atoms. The van der Waals surface area contributed by atoms with Gasteiger partial charge in [0.2, 0.25) is 10.0 Å². The molecule has 9 nitrogen and oxygen atoms in total. The number of H-pyrrole nitrogens is 1. The first-order valence-corrected chi connectivity index (χ1v) is 13.3. The topological polar surface area (TPSA) is 122 Å². The van der Waals surface area contributed by atoms with Gasteiger partial charge in [-0.25, -0.2) is 13.2 Å². The van der Waals surface area contributed by atoms with Crippen LogP contribution in [0, 0.1) is 5.92 Å². The fourth-order valence-corrected chi connectivity index (χ4v) is 6.16. The lowest BCUT2D eigenvalue weighted by atomic mass is 9.73. The van der Waals surface area contributed by atoms with Gasteiger partial charge < -0.3 is 15.0 Å².